The molecule has 0 radical (unpaired) electrons. The lowest BCUT2D eigenvalue weighted by Crippen LogP contribution is -2.16. The normalized spacial score (nSPS) is 13.2. The smallest absolute Gasteiger partial charge is 0.205 e. The zero-order valence-electron chi connectivity index (χ0n) is 7.36. The highest BCUT2D eigenvalue weighted by molar-refractivity contribution is 5.21. The quantitative estimate of drug-likeness (QED) is 0.577. The molecule has 0 heterocycles. The summed E-state index contributed by atoms with van der Waals surface area (Å²) < 4.78 is 34.8. The predicted octanol–water partition coefficient (Wildman–Crippen LogP) is 2.72. The molecule has 1 aromatic carbocycles. The lowest BCUT2D eigenvalue weighted by Gasteiger charge is -2.10. The monoisotopic (exact) mass is 217 g/mol. The highest BCUT2D eigenvalue weighted by Gasteiger charge is 2.33. The fourth-order valence-corrected chi connectivity index (χ4v) is 0.882. The molecule has 15 heavy (non-hydrogen) atoms. The van der Waals surface area contributed by atoms with Gasteiger partial charge in [-0.05, 0) is 5.56 Å². The molecule has 0 aliphatic carbocycles. The molecule has 3 nitrogen and oxygen atoms in total. The second-order valence-electron chi connectivity index (χ2n) is 2.55. The number of alkyl halides is 3. The molecule has 1 aromatic rings. The maximum atomic E-state index is 11.6. The van der Waals surface area contributed by atoms with Crippen molar-refractivity contribution in [3.05, 3.63) is 35.9 Å². The van der Waals surface area contributed by atoms with Gasteiger partial charge in [0.25, 0.3) is 0 Å². The van der Waals surface area contributed by atoms with Crippen molar-refractivity contribution >= 4 is 0 Å². The minimum Gasteiger partial charge on any atom is -0.205 e. The topological polar surface area (TPSA) is 42.2 Å². The molecule has 1 atom stereocenters. The van der Waals surface area contributed by atoms with Crippen LogP contribution in [0.2, 0.25) is 0 Å². The summed E-state index contributed by atoms with van der Waals surface area (Å²) in [4.78, 5) is 7.07. The minimum absolute atomic E-state index is 0.296. The SMILES string of the molecule is N#CC(OOC(F)(F)F)c1ccccc1. The van der Waals surface area contributed by atoms with Crippen molar-refractivity contribution in [1.29, 1.82) is 5.26 Å². The van der Waals surface area contributed by atoms with Crippen molar-refractivity contribution in [2.24, 2.45) is 0 Å². The number of hydrogen-bond acceptors (Lipinski definition) is 3. The van der Waals surface area contributed by atoms with Crippen molar-refractivity contribution in [2.45, 2.75) is 12.5 Å². The first-order valence-corrected chi connectivity index (χ1v) is 3.89. The molecule has 0 N–H and O–H groups in total. The van der Waals surface area contributed by atoms with Crippen molar-refractivity contribution in [2.75, 3.05) is 0 Å². The molecule has 0 saturated carbocycles. The van der Waals surface area contributed by atoms with E-state index in [-0.39, 0.29) is 0 Å². The number of nitrogens with zero attached hydrogens (tertiary/aromatic N) is 1. The fourth-order valence-electron chi connectivity index (χ4n) is 0.882. The van der Waals surface area contributed by atoms with Crippen molar-refractivity contribution in [3.8, 4) is 6.07 Å². The first kappa shape index (κ1) is 11.5. The van der Waals surface area contributed by atoms with Gasteiger partial charge in [0.1, 0.15) is 6.07 Å². The van der Waals surface area contributed by atoms with Crippen LogP contribution in [0.3, 0.4) is 0 Å². The summed E-state index contributed by atoms with van der Waals surface area (Å²) in [5.74, 6) is 0. The highest BCUT2D eigenvalue weighted by Crippen LogP contribution is 2.23. The lowest BCUT2D eigenvalue weighted by molar-refractivity contribution is -0.493. The summed E-state index contributed by atoms with van der Waals surface area (Å²) >= 11 is 0. The Morgan fingerprint density at radius 2 is 1.80 bits per heavy atom. The Balaban J connectivity index is 2.63. The molecule has 0 spiro atoms. The number of hydrogen-bond donors (Lipinski definition) is 0. The molecule has 6 heteroatoms. The Morgan fingerprint density at radius 1 is 1.20 bits per heavy atom. The second-order valence-corrected chi connectivity index (χ2v) is 2.55. The van der Waals surface area contributed by atoms with Crippen molar-refractivity contribution in [3.63, 3.8) is 0 Å². The van der Waals surface area contributed by atoms with E-state index in [9.17, 15) is 13.2 Å². The van der Waals surface area contributed by atoms with Crippen LogP contribution in [-0.4, -0.2) is 6.36 Å². The van der Waals surface area contributed by atoms with Gasteiger partial charge in [0.15, 0.2) is 0 Å². The van der Waals surface area contributed by atoms with Crippen LogP contribution in [0.15, 0.2) is 30.3 Å². The molecular formula is C9H6F3NO2. The summed E-state index contributed by atoms with van der Waals surface area (Å²) in [6.45, 7) is 0. The van der Waals surface area contributed by atoms with Crippen LogP contribution in [0.5, 0.6) is 0 Å². The van der Waals surface area contributed by atoms with E-state index in [1.165, 1.54) is 12.1 Å². The Hall–Kier alpha value is -1.58. The number of halogens is 3. The van der Waals surface area contributed by atoms with Gasteiger partial charge < -0.3 is 0 Å². The van der Waals surface area contributed by atoms with E-state index in [4.69, 9.17) is 5.26 Å². The first-order chi connectivity index (χ1) is 7.03. The van der Waals surface area contributed by atoms with E-state index in [1.807, 2.05) is 0 Å². The van der Waals surface area contributed by atoms with Crippen LogP contribution >= 0.6 is 0 Å². The van der Waals surface area contributed by atoms with Crippen molar-refractivity contribution in [1.82, 2.24) is 0 Å². The number of nitriles is 1. The summed E-state index contributed by atoms with van der Waals surface area (Å²) in [6, 6.07) is 9.30. The summed E-state index contributed by atoms with van der Waals surface area (Å²) in [6.07, 6.45) is -6.31. The van der Waals surface area contributed by atoms with E-state index in [1.54, 1.807) is 24.3 Å². The molecular weight excluding hydrogens is 211 g/mol. The molecule has 0 bridgehead atoms. The molecule has 0 amide bonds. The van der Waals surface area contributed by atoms with E-state index in [0.29, 0.717) is 5.56 Å². The largest absolute Gasteiger partial charge is 0.549 e. The van der Waals surface area contributed by atoms with Gasteiger partial charge in [0.2, 0.25) is 6.10 Å². The van der Waals surface area contributed by atoms with Gasteiger partial charge in [-0.1, -0.05) is 30.3 Å². The molecule has 0 aromatic heterocycles. The number of benzene rings is 1. The summed E-state index contributed by atoms with van der Waals surface area (Å²) in [7, 11) is 0. The van der Waals surface area contributed by atoms with Gasteiger partial charge >= 0.3 is 6.36 Å². The average molecular weight is 217 g/mol. The van der Waals surface area contributed by atoms with Crippen LogP contribution in [0, 0.1) is 11.3 Å². The molecule has 0 fully saturated rings. The third-order valence-electron chi connectivity index (χ3n) is 1.46. The van der Waals surface area contributed by atoms with E-state index < -0.39 is 12.5 Å². The predicted molar refractivity (Wildman–Crippen MR) is 43.0 cm³/mol. The van der Waals surface area contributed by atoms with Crippen LogP contribution in [-0.2, 0) is 9.78 Å². The van der Waals surface area contributed by atoms with Gasteiger partial charge in [-0.3, -0.25) is 0 Å². The minimum atomic E-state index is -4.91. The van der Waals surface area contributed by atoms with Gasteiger partial charge in [-0.2, -0.15) is 5.26 Å². The second kappa shape index (κ2) is 4.77. The maximum absolute atomic E-state index is 11.6. The third-order valence-corrected chi connectivity index (χ3v) is 1.46. The first-order valence-electron chi connectivity index (χ1n) is 3.89. The van der Waals surface area contributed by atoms with Gasteiger partial charge in [-0.25, -0.2) is 4.89 Å². The van der Waals surface area contributed by atoms with Gasteiger partial charge in [0.05, 0.1) is 0 Å². The van der Waals surface area contributed by atoms with Crippen LogP contribution in [0.1, 0.15) is 11.7 Å². The highest BCUT2D eigenvalue weighted by atomic mass is 19.4. The fraction of sp³-hybridized carbons (Fsp3) is 0.222. The summed E-state index contributed by atoms with van der Waals surface area (Å²) in [5.41, 5.74) is 0.296. The van der Waals surface area contributed by atoms with Crippen LogP contribution in [0.25, 0.3) is 0 Å². The summed E-state index contributed by atoms with van der Waals surface area (Å²) in [5, 5.41) is 8.55. The molecule has 0 saturated heterocycles. The van der Waals surface area contributed by atoms with E-state index in [2.05, 4.69) is 9.78 Å². The van der Waals surface area contributed by atoms with Crippen LogP contribution < -0.4 is 0 Å². The molecule has 0 aliphatic heterocycles. The zero-order chi connectivity index (χ0) is 11.3. The maximum Gasteiger partial charge on any atom is 0.549 e. The molecule has 80 valence electrons. The molecule has 1 rings (SSSR count). The van der Waals surface area contributed by atoms with Gasteiger partial charge in [0, 0.05) is 0 Å². The third kappa shape index (κ3) is 3.97. The lowest BCUT2D eigenvalue weighted by atomic mass is 10.1. The molecule has 1 unspecified atom stereocenters. The Bertz CT molecular complexity index is 345. The van der Waals surface area contributed by atoms with Crippen LogP contribution in [0.4, 0.5) is 13.2 Å². The molecule has 0 aliphatic rings. The Kier molecular flexibility index (Phi) is 3.66. The average Bonchev–Trinajstić information content (AvgIpc) is 2.19. The zero-order valence-corrected chi connectivity index (χ0v) is 7.36. The Morgan fingerprint density at radius 3 is 2.27 bits per heavy atom. The standard InChI is InChI=1S/C9H6F3NO2/c10-9(11,12)15-14-8(6-13)7-4-2-1-3-5-7/h1-5,8H. The number of rotatable bonds is 3. The van der Waals surface area contributed by atoms with E-state index >= 15 is 0 Å². The van der Waals surface area contributed by atoms with Gasteiger partial charge in [-0.15, -0.1) is 18.1 Å². The van der Waals surface area contributed by atoms with E-state index in [0.717, 1.165) is 0 Å². The Labute approximate surface area is 83.6 Å². The van der Waals surface area contributed by atoms with Crippen molar-refractivity contribution < 1.29 is 22.9 Å².